The van der Waals surface area contributed by atoms with Gasteiger partial charge in [0.05, 0.1) is 13.2 Å². The van der Waals surface area contributed by atoms with E-state index in [1.54, 1.807) is 7.11 Å². The van der Waals surface area contributed by atoms with Crippen LogP contribution in [-0.2, 0) is 11.2 Å². The van der Waals surface area contributed by atoms with Crippen LogP contribution in [-0.4, -0.2) is 36.9 Å². The summed E-state index contributed by atoms with van der Waals surface area (Å²) in [5.74, 6) is 1.99. The molecule has 4 rings (SSSR count). The van der Waals surface area contributed by atoms with Crippen molar-refractivity contribution in [2.75, 3.05) is 20.2 Å². The summed E-state index contributed by atoms with van der Waals surface area (Å²) in [6.07, 6.45) is 4.16. The van der Waals surface area contributed by atoms with E-state index in [9.17, 15) is 4.79 Å². The summed E-state index contributed by atoms with van der Waals surface area (Å²) in [5.41, 5.74) is 1.31. The molecule has 0 amide bonds. The van der Waals surface area contributed by atoms with Gasteiger partial charge in [0.1, 0.15) is 11.5 Å². The van der Waals surface area contributed by atoms with Crippen molar-refractivity contribution in [1.29, 1.82) is 0 Å². The van der Waals surface area contributed by atoms with Crippen LogP contribution in [0, 0.1) is 5.92 Å². The minimum absolute atomic E-state index is 0.211. The molecule has 0 spiro atoms. The van der Waals surface area contributed by atoms with Gasteiger partial charge in [-0.2, -0.15) is 0 Å². The van der Waals surface area contributed by atoms with E-state index in [1.807, 2.05) is 12.1 Å². The predicted octanol–water partition coefficient (Wildman–Crippen LogP) is 2.29. The van der Waals surface area contributed by atoms with Gasteiger partial charge in [-0.05, 0) is 42.9 Å². The molecule has 3 nitrogen and oxygen atoms in total. The smallest absolute Gasteiger partial charge is 0.150 e. The largest absolute Gasteiger partial charge is 0.497 e. The zero-order valence-electron chi connectivity index (χ0n) is 11.5. The Kier molecular flexibility index (Phi) is 3.56. The van der Waals surface area contributed by atoms with E-state index < -0.39 is 0 Å². The van der Waals surface area contributed by atoms with Crippen molar-refractivity contribution < 1.29 is 9.53 Å². The molecule has 1 saturated carbocycles. The highest BCUT2D eigenvalue weighted by Gasteiger charge is 2.39. The lowest BCUT2D eigenvalue weighted by Crippen LogP contribution is -2.53. The molecular formula is C16H21NO2. The Bertz CT molecular complexity index is 454. The molecule has 2 saturated heterocycles. The average molecular weight is 259 g/mol. The van der Waals surface area contributed by atoms with E-state index in [0.717, 1.165) is 38.1 Å². The van der Waals surface area contributed by atoms with Gasteiger partial charge in [-0.25, -0.2) is 0 Å². The van der Waals surface area contributed by atoms with Gasteiger partial charge in [0.25, 0.3) is 0 Å². The molecule has 2 atom stereocenters. The number of nitrogens with zero attached hydrogens (tertiary/aromatic N) is 1. The number of Topliss-reactive ketones (excluding diaryl/α,β-unsaturated/α-hetero) is 1. The van der Waals surface area contributed by atoms with E-state index in [0.29, 0.717) is 11.7 Å². The summed E-state index contributed by atoms with van der Waals surface area (Å²) >= 11 is 0. The molecule has 3 fully saturated rings. The Balaban J connectivity index is 1.58. The number of ketones is 1. The first-order valence-corrected chi connectivity index (χ1v) is 7.16. The summed E-state index contributed by atoms with van der Waals surface area (Å²) in [5, 5.41) is 0. The number of piperidine rings is 2. The van der Waals surface area contributed by atoms with Crippen molar-refractivity contribution in [1.82, 2.24) is 4.90 Å². The van der Waals surface area contributed by atoms with Gasteiger partial charge in [0.15, 0.2) is 0 Å². The number of ether oxygens (including phenoxy) is 1. The van der Waals surface area contributed by atoms with Gasteiger partial charge in [-0.15, -0.1) is 0 Å². The fourth-order valence-electron chi connectivity index (χ4n) is 3.39. The molecule has 1 aliphatic carbocycles. The molecule has 0 N–H and O–H groups in total. The molecule has 2 aliphatic heterocycles. The number of fused-ring (bicyclic) bond motifs is 3. The molecule has 2 bridgehead atoms. The van der Waals surface area contributed by atoms with Crippen LogP contribution < -0.4 is 4.74 Å². The predicted molar refractivity (Wildman–Crippen MR) is 74.4 cm³/mol. The third kappa shape index (κ3) is 2.66. The number of hydrogen-bond acceptors (Lipinski definition) is 3. The third-order valence-corrected chi connectivity index (χ3v) is 4.49. The lowest BCUT2D eigenvalue weighted by molar-refractivity contribution is -0.133. The fraction of sp³-hybridized carbons (Fsp3) is 0.562. The summed E-state index contributed by atoms with van der Waals surface area (Å²) in [7, 11) is 1.69. The van der Waals surface area contributed by atoms with Crippen molar-refractivity contribution in [2.24, 2.45) is 5.92 Å². The first-order chi connectivity index (χ1) is 9.26. The summed E-state index contributed by atoms with van der Waals surface area (Å²) in [6.45, 7) is 2.12. The molecule has 0 radical (unpaired) electrons. The third-order valence-electron chi connectivity index (χ3n) is 4.49. The molecule has 0 aromatic heterocycles. The number of carbonyl (C=O) groups is 1. The summed E-state index contributed by atoms with van der Waals surface area (Å²) in [4.78, 5) is 14.3. The van der Waals surface area contributed by atoms with Gasteiger partial charge in [0, 0.05) is 19.5 Å². The second kappa shape index (κ2) is 5.33. The van der Waals surface area contributed by atoms with E-state index in [4.69, 9.17) is 4.74 Å². The maximum absolute atomic E-state index is 11.9. The minimum atomic E-state index is 0.211. The number of rotatable bonds is 4. The van der Waals surface area contributed by atoms with Crippen molar-refractivity contribution in [3.05, 3.63) is 29.8 Å². The Morgan fingerprint density at radius 2 is 2.05 bits per heavy atom. The van der Waals surface area contributed by atoms with E-state index >= 15 is 0 Å². The summed E-state index contributed by atoms with van der Waals surface area (Å²) in [6, 6.07) is 8.44. The van der Waals surface area contributed by atoms with Gasteiger partial charge in [-0.1, -0.05) is 12.1 Å². The van der Waals surface area contributed by atoms with E-state index in [-0.39, 0.29) is 6.04 Å². The van der Waals surface area contributed by atoms with Crippen LogP contribution in [0.2, 0.25) is 0 Å². The minimum Gasteiger partial charge on any atom is -0.497 e. The lowest BCUT2D eigenvalue weighted by atomic mass is 9.79. The normalized spacial score (nSPS) is 26.7. The van der Waals surface area contributed by atoms with Crippen LogP contribution in [0.15, 0.2) is 24.3 Å². The Morgan fingerprint density at radius 1 is 1.26 bits per heavy atom. The highest BCUT2D eigenvalue weighted by Crippen LogP contribution is 2.32. The van der Waals surface area contributed by atoms with Crippen LogP contribution in [0.1, 0.15) is 24.8 Å². The molecule has 102 valence electrons. The molecule has 1 aromatic rings. The monoisotopic (exact) mass is 259 g/mol. The van der Waals surface area contributed by atoms with Crippen molar-refractivity contribution >= 4 is 5.78 Å². The van der Waals surface area contributed by atoms with Gasteiger partial charge >= 0.3 is 0 Å². The second-order valence-electron chi connectivity index (χ2n) is 5.72. The second-order valence-corrected chi connectivity index (χ2v) is 5.72. The van der Waals surface area contributed by atoms with Crippen molar-refractivity contribution in [2.45, 2.75) is 31.7 Å². The number of benzene rings is 1. The molecule has 2 heterocycles. The quantitative estimate of drug-likeness (QED) is 0.831. The lowest BCUT2D eigenvalue weighted by Gasteiger charge is -2.44. The van der Waals surface area contributed by atoms with Crippen LogP contribution in [0.5, 0.6) is 5.75 Å². The maximum Gasteiger partial charge on any atom is 0.150 e. The van der Waals surface area contributed by atoms with Crippen LogP contribution in [0.4, 0.5) is 0 Å². The van der Waals surface area contributed by atoms with E-state index in [1.165, 1.54) is 12.0 Å². The highest BCUT2D eigenvalue weighted by atomic mass is 16.5. The first-order valence-electron chi connectivity index (χ1n) is 7.16. The molecular weight excluding hydrogens is 238 g/mol. The van der Waals surface area contributed by atoms with Crippen LogP contribution in [0.25, 0.3) is 0 Å². The van der Waals surface area contributed by atoms with Gasteiger partial charge in [0.2, 0.25) is 0 Å². The number of methoxy groups -OCH3 is 1. The molecule has 1 aromatic carbocycles. The van der Waals surface area contributed by atoms with Crippen molar-refractivity contribution in [3.63, 3.8) is 0 Å². The van der Waals surface area contributed by atoms with Crippen LogP contribution in [0.3, 0.4) is 0 Å². The van der Waals surface area contributed by atoms with Crippen LogP contribution >= 0.6 is 0 Å². The zero-order valence-corrected chi connectivity index (χ0v) is 11.5. The topological polar surface area (TPSA) is 29.5 Å². The van der Waals surface area contributed by atoms with Crippen molar-refractivity contribution in [3.8, 4) is 5.75 Å². The van der Waals surface area contributed by atoms with Gasteiger partial charge < -0.3 is 4.74 Å². The highest BCUT2D eigenvalue weighted by molar-refractivity contribution is 5.85. The summed E-state index contributed by atoms with van der Waals surface area (Å²) < 4.78 is 5.16. The number of hydrogen-bond donors (Lipinski definition) is 0. The Hall–Kier alpha value is -1.35. The molecule has 3 heteroatoms. The molecule has 3 aliphatic rings. The fourth-order valence-corrected chi connectivity index (χ4v) is 3.39. The maximum atomic E-state index is 11.9. The Morgan fingerprint density at radius 3 is 2.68 bits per heavy atom. The first kappa shape index (κ1) is 12.7. The Labute approximate surface area is 114 Å². The molecule has 2 unspecified atom stereocenters. The van der Waals surface area contributed by atoms with Gasteiger partial charge in [-0.3, -0.25) is 9.69 Å². The standard InChI is InChI=1S/C16H21NO2/c1-19-14-5-2-12(3-6-14)8-9-17-11-13-4-7-15(17)16(18)10-13/h2-3,5-6,13,15H,4,7-11H2,1H3. The average Bonchev–Trinajstić information content (AvgIpc) is 2.46. The molecule has 19 heavy (non-hydrogen) atoms. The SMILES string of the molecule is COc1ccc(CCN2CC3CCC2C(=O)C3)cc1. The zero-order chi connectivity index (χ0) is 13.2. The van der Waals surface area contributed by atoms with E-state index in [2.05, 4.69) is 17.0 Å². The number of carbonyl (C=O) groups excluding carboxylic acids is 1.